The van der Waals surface area contributed by atoms with Crippen LogP contribution in [0.2, 0.25) is 5.02 Å². The monoisotopic (exact) mass is 406 g/mol. The fourth-order valence-corrected chi connectivity index (χ4v) is 5.07. The molecule has 0 aromatic heterocycles. The number of anilines is 1. The van der Waals surface area contributed by atoms with Crippen molar-refractivity contribution < 1.29 is 13.2 Å². The third kappa shape index (κ3) is 4.69. The maximum Gasteiger partial charge on any atom is 0.243 e. The molecule has 7 heteroatoms. The smallest absolute Gasteiger partial charge is 0.243 e. The quantitative estimate of drug-likeness (QED) is 0.834. The summed E-state index contributed by atoms with van der Waals surface area (Å²) in [7, 11) is -3.64. The van der Waals surface area contributed by atoms with Gasteiger partial charge >= 0.3 is 0 Å². The molecule has 0 unspecified atom stereocenters. The lowest BCUT2D eigenvalue weighted by Crippen LogP contribution is -2.43. The second kappa shape index (κ2) is 8.00. The highest BCUT2D eigenvalue weighted by Crippen LogP contribution is 2.26. The van der Waals surface area contributed by atoms with Gasteiger partial charge in [-0.15, -0.1) is 0 Å². The first kappa shape index (κ1) is 19.9. The van der Waals surface area contributed by atoms with Gasteiger partial charge in [0, 0.05) is 23.8 Å². The highest BCUT2D eigenvalue weighted by Gasteiger charge is 2.33. The topological polar surface area (TPSA) is 66.5 Å². The van der Waals surface area contributed by atoms with Crippen LogP contribution in [-0.2, 0) is 14.8 Å². The summed E-state index contributed by atoms with van der Waals surface area (Å²) in [4.78, 5) is 12.9. The van der Waals surface area contributed by atoms with E-state index in [4.69, 9.17) is 11.6 Å². The van der Waals surface area contributed by atoms with E-state index in [1.807, 2.05) is 32.0 Å². The molecule has 1 heterocycles. The van der Waals surface area contributed by atoms with Gasteiger partial charge in [-0.1, -0.05) is 17.7 Å². The fraction of sp³-hybridized carbons (Fsp3) is 0.350. The van der Waals surface area contributed by atoms with E-state index in [1.54, 1.807) is 12.1 Å². The Balaban J connectivity index is 1.73. The summed E-state index contributed by atoms with van der Waals surface area (Å²) < 4.78 is 27.1. The van der Waals surface area contributed by atoms with Gasteiger partial charge in [-0.2, -0.15) is 4.31 Å². The van der Waals surface area contributed by atoms with E-state index in [0.29, 0.717) is 24.4 Å². The van der Waals surface area contributed by atoms with Crippen molar-refractivity contribution in [1.82, 2.24) is 4.31 Å². The van der Waals surface area contributed by atoms with Crippen molar-refractivity contribution in [3.05, 3.63) is 58.6 Å². The lowest BCUT2D eigenvalue weighted by atomic mass is 9.98. The Hall–Kier alpha value is -1.89. The largest absolute Gasteiger partial charge is 0.326 e. The summed E-state index contributed by atoms with van der Waals surface area (Å²) in [5, 5.41) is 3.42. The number of rotatable bonds is 4. The number of carbonyl (C=O) groups is 1. The molecule has 1 N–H and O–H groups in total. The second-order valence-electron chi connectivity index (χ2n) is 7.02. The van der Waals surface area contributed by atoms with Crippen molar-refractivity contribution in [3.8, 4) is 0 Å². The minimum absolute atomic E-state index is 0.143. The standard InChI is InChI=1S/C20H23ClN2O3S/c1-14-10-15(2)12-18(11-14)22-20(24)16-4-3-9-23(13-16)27(25,26)19-7-5-17(21)6-8-19/h5-8,10-12,16H,3-4,9,13H2,1-2H3,(H,22,24)/t16-/m1/s1. The molecule has 1 aliphatic rings. The molecule has 1 saturated heterocycles. The Kier molecular flexibility index (Phi) is 5.89. The zero-order valence-corrected chi connectivity index (χ0v) is 17.0. The zero-order chi connectivity index (χ0) is 19.6. The summed E-state index contributed by atoms with van der Waals surface area (Å²) in [5.74, 6) is -0.516. The zero-order valence-electron chi connectivity index (χ0n) is 15.4. The minimum atomic E-state index is -3.64. The lowest BCUT2D eigenvalue weighted by molar-refractivity contribution is -0.120. The number of halogens is 1. The average Bonchev–Trinajstić information content (AvgIpc) is 2.61. The van der Waals surface area contributed by atoms with E-state index < -0.39 is 10.0 Å². The molecule has 144 valence electrons. The van der Waals surface area contributed by atoms with E-state index >= 15 is 0 Å². The van der Waals surface area contributed by atoms with Gasteiger partial charge in [-0.25, -0.2) is 8.42 Å². The molecule has 0 spiro atoms. The van der Waals surface area contributed by atoms with E-state index in [1.165, 1.54) is 16.4 Å². The number of piperidine rings is 1. The number of nitrogens with one attached hydrogen (secondary N) is 1. The van der Waals surface area contributed by atoms with Crippen LogP contribution in [0.15, 0.2) is 47.4 Å². The molecule has 1 fully saturated rings. The van der Waals surface area contributed by atoms with Crippen molar-refractivity contribution in [1.29, 1.82) is 0 Å². The molecule has 0 aliphatic carbocycles. The lowest BCUT2D eigenvalue weighted by Gasteiger charge is -2.31. The van der Waals surface area contributed by atoms with Gasteiger partial charge in [0.15, 0.2) is 0 Å². The van der Waals surface area contributed by atoms with Crippen molar-refractivity contribution in [2.75, 3.05) is 18.4 Å². The number of hydrogen-bond donors (Lipinski definition) is 1. The Morgan fingerprint density at radius 1 is 1.11 bits per heavy atom. The first-order valence-corrected chi connectivity index (χ1v) is 10.7. The Morgan fingerprint density at radius 2 is 1.74 bits per heavy atom. The SMILES string of the molecule is Cc1cc(C)cc(NC(=O)[C@@H]2CCCN(S(=O)(=O)c3ccc(Cl)cc3)C2)c1. The summed E-state index contributed by atoms with van der Waals surface area (Å²) in [5.41, 5.74) is 2.89. The summed E-state index contributed by atoms with van der Waals surface area (Å²) >= 11 is 5.85. The summed E-state index contributed by atoms with van der Waals surface area (Å²) in [6.07, 6.45) is 1.32. The van der Waals surface area contributed by atoms with Crippen molar-refractivity contribution >= 4 is 33.2 Å². The number of amides is 1. The number of carbonyl (C=O) groups excluding carboxylic acids is 1. The van der Waals surface area contributed by atoms with E-state index in [2.05, 4.69) is 5.32 Å². The fourth-order valence-electron chi connectivity index (χ4n) is 3.42. The van der Waals surface area contributed by atoms with Crippen LogP contribution in [-0.4, -0.2) is 31.7 Å². The molecular formula is C20H23ClN2O3S. The molecule has 5 nitrogen and oxygen atoms in total. The first-order chi connectivity index (χ1) is 12.8. The van der Waals surface area contributed by atoms with E-state index in [0.717, 1.165) is 16.8 Å². The number of hydrogen-bond acceptors (Lipinski definition) is 3. The van der Waals surface area contributed by atoms with Crippen molar-refractivity contribution in [2.45, 2.75) is 31.6 Å². The second-order valence-corrected chi connectivity index (χ2v) is 9.40. The predicted molar refractivity (Wildman–Crippen MR) is 107 cm³/mol. The molecule has 1 atom stereocenters. The highest BCUT2D eigenvalue weighted by molar-refractivity contribution is 7.89. The maximum atomic E-state index is 12.9. The van der Waals surface area contributed by atoms with Crippen LogP contribution in [0.25, 0.3) is 0 Å². The van der Waals surface area contributed by atoms with Gasteiger partial charge in [0.2, 0.25) is 15.9 Å². The first-order valence-electron chi connectivity index (χ1n) is 8.90. The van der Waals surface area contributed by atoms with Gasteiger partial charge in [-0.05, 0) is 74.2 Å². The molecule has 0 radical (unpaired) electrons. The van der Waals surface area contributed by atoms with Crippen LogP contribution in [0.4, 0.5) is 5.69 Å². The van der Waals surface area contributed by atoms with Gasteiger partial charge < -0.3 is 5.32 Å². The van der Waals surface area contributed by atoms with Gasteiger partial charge in [0.1, 0.15) is 0 Å². The number of sulfonamides is 1. The number of benzene rings is 2. The molecule has 3 rings (SSSR count). The Bertz CT molecular complexity index is 922. The average molecular weight is 407 g/mol. The van der Waals surface area contributed by atoms with E-state index in [9.17, 15) is 13.2 Å². The van der Waals surface area contributed by atoms with Crippen molar-refractivity contribution in [3.63, 3.8) is 0 Å². The summed E-state index contributed by atoms with van der Waals surface area (Å²) in [6, 6.07) is 12.0. The normalized spacial score (nSPS) is 18.3. The van der Waals surface area contributed by atoms with E-state index in [-0.39, 0.29) is 23.3 Å². The molecule has 0 bridgehead atoms. The van der Waals surface area contributed by atoms with Gasteiger partial charge in [-0.3, -0.25) is 4.79 Å². The number of aryl methyl sites for hydroxylation is 2. The molecule has 1 amide bonds. The Labute approximate surface area is 165 Å². The molecule has 27 heavy (non-hydrogen) atoms. The third-order valence-electron chi connectivity index (χ3n) is 4.70. The molecule has 0 saturated carbocycles. The van der Waals surface area contributed by atoms with Crippen LogP contribution < -0.4 is 5.32 Å². The summed E-state index contributed by atoms with van der Waals surface area (Å²) in [6.45, 7) is 4.55. The van der Waals surface area contributed by atoms with Crippen LogP contribution >= 0.6 is 11.6 Å². The molecular weight excluding hydrogens is 384 g/mol. The molecule has 2 aromatic carbocycles. The highest BCUT2D eigenvalue weighted by atomic mass is 35.5. The van der Waals surface area contributed by atoms with Crippen LogP contribution in [0.5, 0.6) is 0 Å². The maximum absolute atomic E-state index is 12.9. The van der Waals surface area contributed by atoms with Gasteiger partial charge in [0.25, 0.3) is 0 Å². The van der Waals surface area contributed by atoms with Crippen LogP contribution in [0.1, 0.15) is 24.0 Å². The molecule has 1 aliphatic heterocycles. The predicted octanol–water partition coefficient (Wildman–Crippen LogP) is 4.00. The van der Waals surface area contributed by atoms with Crippen LogP contribution in [0.3, 0.4) is 0 Å². The Morgan fingerprint density at radius 3 is 2.37 bits per heavy atom. The van der Waals surface area contributed by atoms with Gasteiger partial charge in [0.05, 0.1) is 10.8 Å². The minimum Gasteiger partial charge on any atom is -0.326 e. The third-order valence-corrected chi connectivity index (χ3v) is 6.83. The molecule has 2 aromatic rings. The van der Waals surface area contributed by atoms with Crippen molar-refractivity contribution in [2.24, 2.45) is 5.92 Å². The number of nitrogens with zero attached hydrogens (tertiary/aromatic N) is 1. The van der Waals surface area contributed by atoms with Crippen LogP contribution in [0, 0.1) is 19.8 Å².